The molecule has 0 fully saturated rings. The monoisotopic (exact) mass is 535 g/mol. The lowest BCUT2D eigenvalue weighted by molar-refractivity contribution is -0.154. The van der Waals surface area contributed by atoms with Gasteiger partial charge >= 0.3 is 12.1 Å². The lowest BCUT2D eigenvalue weighted by atomic mass is 10.0. The van der Waals surface area contributed by atoms with Crippen LogP contribution < -0.4 is 9.47 Å². The summed E-state index contributed by atoms with van der Waals surface area (Å²) in [5.74, 6) is 0.0811. The van der Waals surface area contributed by atoms with Crippen molar-refractivity contribution in [2.24, 2.45) is 0 Å². The number of aliphatic carboxylic acids is 1. The van der Waals surface area contributed by atoms with Crippen molar-refractivity contribution in [2.75, 3.05) is 0 Å². The van der Waals surface area contributed by atoms with Crippen LogP contribution in [0, 0.1) is 13.8 Å². The number of hydrogen-bond donors (Lipinski definition) is 1. The molecule has 0 bridgehead atoms. The molecule has 2 atom stereocenters. The zero-order valence-corrected chi connectivity index (χ0v) is 22.4. The topological polar surface area (TPSA) is 68.7 Å². The van der Waals surface area contributed by atoms with Crippen LogP contribution in [0.1, 0.15) is 74.3 Å². The van der Waals surface area contributed by atoms with Crippen molar-refractivity contribution in [1.82, 2.24) is 4.98 Å². The van der Waals surface area contributed by atoms with Crippen molar-refractivity contribution in [1.29, 1.82) is 0 Å². The van der Waals surface area contributed by atoms with Crippen molar-refractivity contribution in [3.05, 3.63) is 64.2 Å². The second kappa shape index (κ2) is 11.5. The first-order valence-corrected chi connectivity index (χ1v) is 13.0. The molecule has 5 nitrogen and oxygen atoms in total. The predicted molar refractivity (Wildman–Crippen MR) is 138 cm³/mol. The number of aromatic nitrogens is 1. The molecule has 2 unspecified atom stereocenters. The Morgan fingerprint density at radius 2 is 1.76 bits per heavy atom. The minimum Gasteiger partial charge on any atom is -0.485 e. The first-order chi connectivity index (χ1) is 17.4. The van der Waals surface area contributed by atoms with E-state index in [-0.39, 0.29) is 6.10 Å². The number of halogens is 3. The summed E-state index contributed by atoms with van der Waals surface area (Å²) in [4.78, 5) is 17.3. The third-order valence-corrected chi connectivity index (χ3v) is 7.37. The third-order valence-electron chi connectivity index (χ3n) is 6.07. The van der Waals surface area contributed by atoms with E-state index in [1.54, 1.807) is 19.1 Å². The molecule has 37 heavy (non-hydrogen) atoms. The number of hydrogen-bond acceptors (Lipinski definition) is 5. The smallest absolute Gasteiger partial charge is 0.416 e. The van der Waals surface area contributed by atoms with Crippen LogP contribution in [0.3, 0.4) is 0 Å². The molecule has 0 saturated heterocycles. The molecule has 0 amide bonds. The molecule has 0 spiro atoms. The first kappa shape index (κ1) is 28.5. The fraction of sp³-hybridized carbons (Fsp3) is 0.429. The van der Waals surface area contributed by atoms with E-state index in [0.717, 1.165) is 41.1 Å². The summed E-state index contributed by atoms with van der Waals surface area (Å²) in [6.07, 6.45) is -2.05. The average Bonchev–Trinajstić information content (AvgIpc) is 3.21. The van der Waals surface area contributed by atoms with E-state index >= 15 is 0 Å². The van der Waals surface area contributed by atoms with E-state index in [1.807, 2.05) is 33.8 Å². The molecule has 0 radical (unpaired) electrons. The highest BCUT2D eigenvalue weighted by Crippen LogP contribution is 2.38. The molecule has 1 N–H and O–H groups in total. The van der Waals surface area contributed by atoms with Crippen LogP contribution in [0.25, 0.3) is 10.6 Å². The number of nitrogens with zero attached hydrogens (tertiary/aromatic N) is 1. The predicted octanol–water partition coefficient (Wildman–Crippen LogP) is 8.39. The van der Waals surface area contributed by atoms with E-state index in [1.165, 1.54) is 23.5 Å². The normalized spacial score (nSPS) is 14.2. The molecule has 0 aliphatic rings. The summed E-state index contributed by atoms with van der Waals surface area (Å²) < 4.78 is 51.0. The minimum absolute atomic E-state index is 0.291. The van der Waals surface area contributed by atoms with Gasteiger partial charge in [-0.15, -0.1) is 11.3 Å². The van der Waals surface area contributed by atoms with Crippen LogP contribution in [0.2, 0.25) is 0 Å². The number of benzene rings is 2. The molecule has 9 heteroatoms. The number of alkyl halides is 3. The Morgan fingerprint density at radius 3 is 2.30 bits per heavy atom. The zero-order chi connectivity index (χ0) is 27.4. The highest BCUT2D eigenvalue weighted by molar-refractivity contribution is 7.15. The van der Waals surface area contributed by atoms with E-state index in [4.69, 9.17) is 9.47 Å². The van der Waals surface area contributed by atoms with Crippen LogP contribution in [0.15, 0.2) is 42.5 Å². The van der Waals surface area contributed by atoms with Crippen molar-refractivity contribution >= 4 is 17.3 Å². The Hall–Kier alpha value is -3.07. The number of carboxylic acid groups (broad SMARTS) is 1. The summed E-state index contributed by atoms with van der Waals surface area (Å²) >= 11 is 1.41. The fourth-order valence-electron chi connectivity index (χ4n) is 4.03. The Morgan fingerprint density at radius 1 is 1.08 bits per heavy atom. The van der Waals surface area contributed by atoms with Gasteiger partial charge in [-0.1, -0.05) is 38.8 Å². The number of thiazole rings is 1. The quantitative estimate of drug-likeness (QED) is 0.267. The van der Waals surface area contributed by atoms with Gasteiger partial charge in [-0.25, -0.2) is 9.78 Å². The van der Waals surface area contributed by atoms with Crippen molar-refractivity contribution < 1.29 is 32.5 Å². The van der Waals surface area contributed by atoms with E-state index in [9.17, 15) is 23.1 Å². The molecule has 0 aliphatic carbocycles. The van der Waals surface area contributed by atoms with Crippen LogP contribution in [-0.2, 0) is 11.0 Å². The highest BCUT2D eigenvalue weighted by Gasteiger charge is 2.35. The van der Waals surface area contributed by atoms with Gasteiger partial charge in [-0.05, 0) is 69.5 Å². The van der Waals surface area contributed by atoms with Crippen LogP contribution in [0.5, 0.6) is 11.5 Å². The van der Waals surface area contributed by atoms with Crippen LogP contribution in [0.4, 0.5) is 13.2 Å². The van der Waals surface area contributed by atoms with Gasteiger partial charge < -0.3 is 14.6 Å². The highest BCUT2D eigenvalue weighted by atomic mass is 32.1. The van der Waals surface area contributed by atoms with Crippen molar-refractivity contribution in [2.45, 2.75) is 78.2 Å². The third kappa shape index (κ3) is 6.83. The Labute approximate surface area is 219 Å². The van der Waals surface area contributed by atoms with Crippen LogP contribution >= 0.6 is 11.3 Å². The molecule has 0 aliphatic heterocycles. The molecular weight excluding hydrogens is 503 g/mol. The van der Waals surface area contributed by atoms with Crippen LogP contribution in [-0.4, -0.2) is 21.7 Å². The molecule has 0 saturated carbocycles. The van der Waals surface area contributed by atoms with E-state index in [2.05, 4.69) is 4.98 Å². The largest absolute Gasteiger partial charge is 0.485 e. The van der Waals surface area contributed by atoms with Gasteiger partial charge in [0.15, 0.2) is 0 Å². The minimum atomic E-state index is -4.39. The van der Waals surface area contributed by atoms with Gasteiger partial charge in [0, 0.05) is 5.56 Å². The lowest BCUT2D eigenvalue weighted by Gasteiger charge is -2.27. The Balaban J connectivity index is 1.83. The SMILES string of the molecule is CCCC(Oc1ccc(OC(C)(CCC)C(=O)O)c(C)c1)c1sc(-c2ccc(C(F)(F)F)cc2)nc1C. The molecule has 3 rings (SSSR count). The summed E-state index contributed by atoms with van der Waals surface area (Å²) in [6.45, 7) is 9.24. The number of carbonyl (C=O) groups is 1. The Bertz CT molecular complexity index is 1220. The molecule has 3 aromatic rings. The molecule has 1 aromatic heterocycles. The second-order valence-electron chi connectivity index (χ2n) is 9.25. The number of aryl methyl sites for hydroxylation is 2. The van der Waals surface area contributed by atoms with Gasteiger partial charge in [-0.2, -0.15) is 13.2 Å². The first-order valence-electron chi connectivity index (χ1n) is 12.2. The van der Waals surface area contributed by atoms with E-state index < -0.39 is 23.3 Å². The molecular formula is C28H32F3NO4S. The number of ether oxygens (including phenoxy) is 2. The summed E-state index contributed by atoms with van der Waals surface area (Å²) in [6, 6.07) is 10.3. The molecule has 2 aromatic carbocycles. The summed E-state index contributed by atoms with van der Waals surface area (Å²) in [5.41, 5.74) is 0.127. The summed E-state index contributed by atoms with van der Waals surface area (Å²) in [5, 5.41) is 10.3. The Kier molecular flexibility index (Phi) is 8.89. The maximum Gasteiger partial charge on any atom is 0.416 e. The van der Waals surface area contributed by atoms with Gasteiger partial charge in [0.2, 0.25) is 5.60 Å². The van der Waals surface area contributed by atoms with E-state index in [0.29, 0.717) is 34.9 Å². The van der Waals surface area contributed by atoms with Gasteiger partial charge in [0.25, 0.3) is 0 Å². The lowest BCUT2D eigenvalue weighted by Crippen LogP contribution is -2.41. The number of rotatable bonds is 11. The summed E-state index contributed by atoms with van der Waals surface area (Å²) in [7, 11) is 0. The van der Waals surface area contributed by atoms with Crippen molar-refractivity contribution in [3.63, 3.8) is 0 Å². The maximum absolute atomic E-state index is 12.9. The van der Waals surface area contributed by atoms with Gasteiger partial charge in [-0.3, -0.25) is 0 Å². The van der Waals surface area contributed by atoms with Crippen molar-refractivity contribution in [3.8, 4) is 22.1 Å². The molecule has 200 valence electrons. The average molecular weight is 536 g/mol. The molecule has 1 heterocycles. The maximum atomic E-state index is 12.9. The number of carboxylic acids is 1. The zero-order valence-electron chi connectivity index (χ0n) is 21.6. The fourth-order valence-corrected chi connectivity index (χ4v) is 5.17. The van der Waals surface area contributed by atoms with Gasteiger partial charge in [0.05, 0.1) is 16.1 Å². The van der Waals surface area contributed by atoms with Gasteiger partial charge in [0.1, 0.15) is 22.6 Å². The second-order valence-corrected chi connectivity index (χ2v) is 10.3. The standard InChI is InChI=1S/C28H32F3NO4S/c1-6-8-23(24-18(4)32-25(37-24)19-9-11-20(12-10-19)28(29,30)31)35-21-13-14-22(17(3)16-21)36-27(5,15-7-2)26(33)34/h9-14,16,23H,6-8,15H2,1-5H3,(H,33,34).